The van der Waals surface area contributed by atoms with Gasteiger partial charge in [0.2, 0.25) is 10.0 Å². The van der Waals surface area contributed by atoms with Crippen molar-refractivity contribution in [2.75, 3.05) is 18.8 Å². The second-order valence-electron chi connectivity index (χ2n) is 11.0. The Morgan fingerprint density at radius 2 is 1.97 bits per heavy atom. The summed E-state index contributed by atoms with van der Waals surface area (Å²) in [6, 6.07) is 0.460. The molecule has 1 aliphatic heterocycles. The first-order valence-corrected chi connectivity index (χ1v) is 15.3. The molecule has 10 heteroatoms. The van der Waals surface area contributed by atoms with Crippen LogP contribution in [0.1, 0.15) is 65.7 Å². The van der Waals surface area contributed by atoms with Crippen LogP contribution in [-0.4, -0.2) is 57.8 Å². The number of sulfonamides is 1. The summed E-state index contributed by atoms with van der Waals surface area (Å²) < 4.78 is 24.8. The summed E-state index contributed by atoms with van der Waals surface area (Å²) in [7, 11) is -3.42. The largest absolute Gasteiger partial charge is 0.346 e. The first-order chi connectivity index (χ1) is 17.0. The van der Waals surface area contributed by atoms with Crippen molar-refractivity contribution in [1.29, 1.82) is 0 Å². The molecule has 1 saturated carbocycles. The van der Waals surface area contributed by atoms with E-state index in [0.29, 0.717) is 30.3 Å². The molecule has 1 saturated heterocycles. The molecule has 8 nitrogen and oxygen atoms in total. The van der Waals surface area contributed by atoms with E-state index >= 15 is 0 Å². The summed E-state index contributed by atoms with van der Waals surface area (Å²) in [6.07, 6.45) is 5.97. The summed E-state index contributed by atoms with van der Waals surface area (Å²) >= 11 is 1.92. The van der Waals surface area contributed by atoms with Gasteiger partial charge in [-0.1, -0.05) is 13.8 Å². The van der Waals surface area contributed by atoms with Gasteiger partial charge in [-0.2, -0.15) is 5.10 Å². The molecule has 2 bridgehead atoms. The van der Waals surface area contributed by atoms with E-state index in [1.165, 1.54) is 43.0 Å². The fraction of sp³-hybridized carbons (Fsp3) is 0.538. The Hall–Kier alpha value is -2.27. The molecule has 192 valence electrons. The number of aromatic nitrogens is 4. The van der Waals surface area contributed by atoms with Crippen LogP contribution in [0, 0.1) is 26.7 Å². The molecule has 4 aromatic heterocycles. The molecule has 2 unspecified atom stereocenters. The normalized spacial score (nSPS) is 22.7. The third-order valence-electron chi connectivity index (χ3n) is 8.59. The Morgan fingerprint density at radius 1 is 1.19 bits per heavy atom. The standard InChI is InChI=1S/C26H34N6O2S2/c1-13(2)21-22-16(5)24(19-9-18-8-17(19)10-31(18)6-7-36(27,33)34)35-26(22)30-23(21)20-11-32-25(28-12-29-32)15(4)14(20)3/h11-13,17-19,30H,6-10H2,1-5H3,(H2,27,33,34)/t17?,18?,19-/m1/s1. The molecule has 4 aromatic rings. The minimum absolute atomic E-state index is 0.0434. The van der Waals surface area contributed by atoms with E-state index in [2.05, 4.69) is 60.8 Å². The molecule has 0 radical (unpaired) electrons. The lowest BCUT2D eigenvalue weighted by Gasteiger charge is -2.31. The summed E-state index contributed by atoms with van der Waals surface area (Å²) in [4.78, 5) is 13.3. The van der Waals surface area contributed by atoms with Crippen molar-refractivity contribution in [2.24, 2.45) is 11.1 Å². The fourth-order valence-electron chi connectivity index (χ4n) is 6.73. The molecule has 6 rings (SSSR count). The van der Waals surface area contributed by atoms with Crippen molar-refractivity contribution in [1.82, 2.24) is 24.5 Å². The highest BCUT2D eigenvalue weighted by molar-refractivity contribution is 7.89. The number of rotatable bonds is 6. The maximum absolute atomic E-state index is 11.4. The number of nitrogens with zero attached hydrogens (tertiary/aromatic N) is 4. The summed E-state index contributed by atoms with van der Waals surface area (Å²) in [5.41, 5.74) is 8.46. The smallest absolute Gasteiger partial charge is 0.210 e. The molecule has 1 aliphatic carbocycles. The molecule has 3 N–H and O–H groups in total. The molecule has 3 atom stereocenters. The lowest BCUT2D eigenvalue weighted by molar-refractivity contribution is 0.211. The highest BCUT2D eigenvalue weighted by Gasteiger charge is 2.46. The Morgan fingerprint density at radius 3 is 2.64 bits per heavy atom. The lowest BCUT2D eigenvalue weighted by Crippen LogP contribution is -2.38. The summed E-state index contributed by atoms with van der Waals surface area (Å²) in [5, 5.41) is 11.0. The number of hydrogen-bond donors (Lipinski definition) is 2. The highest BCUT2D eigenvalue weighted by atomic mass is 32.2. The molecule has 0 amide bonds. The van der Waals surface area contributed by atoms with Crippen molar-refractivity contribution in [3.63, 3.8) is 0 Å². The quantitative estimate of drug-likeness (QED) is 0.386. The van der Waals surface area contributed by atoms with Gasteiger partial charge in [0.15, 0.2) is 5.65 Å². The summed E-state index contributed by atoms with van der Waals surface area (Å²) in [6.45, 7) is 12.7. The first-order valence-electron chi connectivity index (χ1n) is 12.7. The van der Waals surface area contributed by atoms with E-state index in [4.69, 9.17) is 5.14 Å². The topological polar surface area (TPSA) is 109 Å². The van der Waals surface area contributed by atoms with E-state index in [0.717, 1.165) is 30.6 Å². The molecule has 5 heterocycles. The van der Waals surface area contributed by atoms with Gasteiger partial charge in [0.1, 0.15) is 11.2 Å². The van der Waals surface area contributed by atoms with Crippen molar-refractivity contribution >= 4 is 37.2 Å². The maximum Gasteiger partial charge on any atom is 0.210 e. The fourth-order valence-corrected chi connectivity index (χ4v) is 8.65. The zero-order chi connectivity index (χ0) is 25.5. The SMILES string of the molecule is Cc1c(-c2[nH]c3sc([C@@H]4CC5CC4CN5CCS(N)(=O)=O)c(C)c3c2C(C)C)cn2ncnc2c1C. The van der Waals surface area contributed by atoms with Crippen LogP contribution in [0.25, 0.3) is 27.1 Å². The minimum atomic E-state index is -3.42. The Kier molecular flexibility index (Phi) is 5.60. The number of fused-ring (bicyclic) bond motifs is 4. The zero-order valence-corrected chi connectivity index (χ0v) is 23.1. The average Bonchev–Trinajstić information content (AvgIpc) is 3.60. The van der Waals surface area contributed by atoms with Crippen LogP contribution in [0.15, 0.2) is 12.5 Å². The first kappa shape index (κ1) is 24.1. The molecule has 0 spiro atoms. The van der Waals surface area contributed by atoms with Crippen molar-refractivity contribution in [3.05, 3.63) is 39.7 Å². The van der Waals surface area contributed by atoms with E-state index in [1.54, 1.807) is 6.33 Å². The third kappa shape index (κ3) is 3.72. The number of nitrogens with one attached hydrogen (secondary N) is 1. The molecule has 2 aliphatic rings. The average molecular weight is 527 g/mol. The predicted molar refractivity (Wildman–Crippen MR) is 145 cm³/mol. The van der Waals surface area contributed by atoms with Crippen molar-refractivity contribution < 1.29 is 8.42 Å². The molecule has 2 fully saturated rings. The third-order valence-corrected chi connectivity index (χ3v) is 10.7. The van der Waals surface area contributed by atoms with Crippen LogP contribution in [0.4, 0.5) is 0 Å². The lowest BCUT2D eigenvalue weighted by atomic mass is 9.88. The molecular weight excluding hydrogens is 492 g/mol. The molecule has 0 aromatic carbocycles. The van der Waals surface area contributed by atoms with Gasteiger partial charge in [0.05, 0.1) is 11.4 Å². The Balaban J connectivity index is 1.37. The number of nitrogens with two attached hydrogens (primary N) is 1. The van der Waals surface area contributed by atoms with Crippen LogP contribution in [0.2, 0.25) is 0 Å². The molecular formula is C26H34N6O2S2. The number of H-pyrrole nitrogens is 1. The van der Waals surface area contributed by atoms with Gasteiger partial charge >= 0.3 is 0 Å². The monoisotopic (exact) mass is 526 g/mol. The van der Waals surface area contributed by atoms with E-state index in [-0.39, 0.29) is 5.75 Å². The van der Waals surface area contributed by atoms with Gasteiger partial charge in [-0.05, 0) is 73.6 Å². The van der Waals surface area contributed by atoms with Gasteiger partial charge in [-0.25, -0.2) is 23.1 Å². The maximum atomic E-state index is 11.4. The van der Waals surface area contributed by atoms with Crippen LogP contribution >= 0.6 is 11.3 Å². The van der Waals surface area contributed by atoms with Gasteiger partial charge < -0.3 is 4.98 Å². The second-order valence-corrected chi connectivity index (χ2v) is 13.8. The molecule has 36 heavy (non-hydrogen) atoms. The van der Waals surface area contributed by atoms with Crippen LogP contribution in [0.5, 0.6) is 0 Å². The Labute approximate surface area is 216 Å². The van der Waals surface area contributed by atoms with Crippen LogP contribution in [0.3, 0.4) is 0 Å². The second kappa shape index (κ2) is 8.37. The predicted octanol–water partition coefficient (Wildman–Crippen LogP) is 4.45. The van der Waals surface area contributed by atoms with Crippen LogP contribution < -0.4 is 5.14 Å². The van der Waals surface area contributed by atoms with E-state index < -0.39 is 10.0 Å². The number of hydrogen-bond acceptors (Lipinski definition) is 6. The number of aryl methyl sites for hydroxylation is 2. The summed E-state index contributed by atoms with van der Waals surface area (Å²) in [5.74, 6) is 1.54. The van der Waals surface area contributed by atoms with E-state index in [1.807, 2.05) is 15.9 Å². The van der Waals surface area contributed by atoms with E-state index in [9.17, 15) is 8.42 Å². The van der Waals surface area contributed by atoms with Gasteiger partial charge in [0, 0.05) is 41.2 Å². The highest BCUT2D eigenvalue weighted by Crippen LogP contribution is 2.53. The number of thiophene rings is 1. The number of likely N-dealkylation sites (tertiary alicyclic amines) is 1. The van der Waals surface area contributed by atoms with Crippen molar-refractivity contribution in [3.8, 4) is 11.3 Å². The minimum Gasteiger partial charge on any atom is -0.346 e. The van der Waals surface area contributed by atoms with Gasteiger partial charge in [0.25, 0.3) is 0 Å². The Bertz CT molecular complexity index is 1600. The van der Waals surface area contributed by atoms with Crippen LogP contribution in [-0.2, 0) is 10.0 Å². The number of pyridine rings is 1. The van der Waals surface area contributed by atoms with Gasteiger partial charge in [-0.15, -0.1) is 11.3 Å². The number of aromatic amines is 1. The number of piperidine rings is 1. The van der Waals surface area contributed by atoms with Gasteiger partial charge in [-0.3, -0.25) is 4.90 Å². The number of primary sulfonamides is 1. The zero-order valence-electron chi connectivity index (χ0n) is 21.5. The van der Waals surface area contributed by atoms with Crippen molar-refractivity contribution in [2.45, 2.75) is 65.3 Å².